The van der Waals surface area contributed by atoms with Crippen LogP contribution in [0.2, 0.25) is 0 Å². The van der Waals surface area contributed by atoms with Crippen molar-refractivity contribution in [1.82, 2.24) is 10.3 Å². The Labute approximate surface area is 124 Å². The van der Waals surface area contributed by atoms with Crippen LogP contribution in [0.25, 0.3) is 10.9 Å². The molecule has 3 aromatic rings. The number of aromatic amines is 1. The molecule has 106 valence electrons. The van der Waals surface area contributed by atoms with Crippen molar-refractivity contribution in [3.05, 3.63) is 71.4 Å². The Hall–Kier alpha value is -2.55. The van der Waals surface area contributed by atoms with Crippen molar-refractivity contribution in [2.75, 3.05) is 6.54 Å². The summed E-state index contributed by atoms with van der Waals surface area (Å²) in [7, 11) is 0. The third-order valence-electron chi connectivity index (χ3n) is 3.77. The Morgan fingerprint density at radius 3 is 2.81 bits per heavy atom. The number of nitrogens with one attached hydrogen (secondary N) is 2. The van der Waals surface area contributed by atoms with Gasteiger partial charge < -0.3 is 10.3 Å². The summed E-state index contributed by atoms with van der Waals surface area (Å²) in [5, 5.41) is 4.05. The number of hydrogen-bond acceptors (Lipinski definition) is 1. The Morgan fingerprint density at radius 2 is 1.95 bits per heavy atom. The van der Waals surface area contributed by atoms with Crippen LogP contribution in [0.5, 0.6) is 0 Å². The molecule has 0 unspecified atom stereocenters. The van der Waals surface area contributed by atoms with Crippen LogP contribution in [0.15, 0.2) is 54.7 Å². The number of carbonyl (C=O) groups is 1. The van der Waals surface area contributed by atoms with E-state index in [4.69, 9.17) is 0 Å². The Bertz CT molecular complexity index is 773. The first-order chi connectivity index (χ1) is 10.3. The number of rotatable bonds is 4. The van der Waals surface area contributed by atoms with E-state index in [1.54, 1.807) is 0 Å². The monoisotopic (exact) mass is 278 g/mol. The summed E-state index contributed by atoms with van der Waals surface area (Å²) in [6, 6.07) is 16.0. The van der Waals surface area contributed by atoms with Crippen molar-refractivity contribution >= 4 is 16.8 Å². The summed E-state index contributed by atoms with van der Waals surface area (Å²) >= 11 is 0. The second-order valence-electron chi connectivity index (χ2n) is 5.18. The quantitative estimate of drug-likeness (QED) is 0.754. The SMILES string of the molecule is Cc1ccccc1CCNC(=O)c1cccc2cc[nH]c12. The Morgan fingerprint density at radius 1 is 1.10 bits per heavy atom. The second kappa shape index (κ2) is 5.83. The van der Waals surface area contributed by atoms with Crippen LogP contribution in [-0.2, 0) is 6.42 Å². The summed E-state index contributed by atoms with van der Waals surface area (Å²) in [5.74, 6) is -0.0309. The van der Waals surface area contributed by atoms with E-state index in [1.807, 2.05) is 42.6 Å². The van der Waals surface area contributed by atoms with Crippen molar-refractivity contribution in [1.29, 1.82) is 0 Å². The zero-order chi connectivity index (χ0) is 14.7. The molecule has 0 saturated carbocycles. The van der Waals surface area contributed by atoms with E-state index in [2.05, 4.69) is 29.4 Å². The maximum atomic E-state index is 12.3. The van der Waals surface area contributed by atoms with Crippen LogP contribution < -0.4 is 5.32 Å². The van der Waals surface area contributed by atoms with Gasteiger partial charge in [0, 0.05) is 18.1 Å². The minimum atomic E-state index is -0.0309. The van der Waals surface area contributed by atoms with E-state index >= 15 is 0 Å². The van der Waals surface area contributed by atoms with Gasteiger partial charge in [0.15, 0.2) is 0 Å². The molecule has 0 radical (unpaired) electrons. The largest absolute Gasteiger partial charge is 0.361 e. The minimum Gasteiger partial charge on any atom is -0.361 e. The highest BCUT2D eigenvalue weighted by molar-refractivity contribution is 6.05. The van der Waals surface area contributed by atoms with Gasteiger partial charge in [0.2, 0.25) is 0 Å². The highest BCUT2D eigenvalue weighted by Gasteiger charge is 2.10. The zero-order valence-electron chi connectivity index (χ0n) is 12.0. The summed E-state index contributed by atoms with van der Waals surface area (Å²) in [6.45, 7) is 2.73. The van der Waals surface area contributed by atoms with E-state index in [1.165, 1.54) is 11.1 Å². The van der Waals surface area contributed by atoms with Crippen LogP contribution in [-0.4, -0.2) is 17.4 Å². The van der Waals surface area contributed by atoms with Gasteiger partial charge in [0.1, 0.15) is 0 Å². The molecule has 1 amide bonds. The van der Waals surface area contributed by atoms with E-state index < -0.39 is 0 Å². The molecule has 0 aliphatic carbocycles. The van der Waals surface area contributed by atoms with Crippen molar-refractivity contribution in [2.24, 2.45) is 0 Å². The molecular formula is C18H18N2O. The lowest BCUT2D eigenvalue weighted by atomic mass is 10.1. The summed E-state index contributed by atoms with van der Waals surface area (Å²) in [4.78, 5) is 15.4. The molecule has 3 nitrogen and oxygen atoms in total. The number of benzene rings is 2. The average molecular weight is 278 g/mol. The van der Waals surface area contributed by atoms with Gasteiger partial charge in [-0.25, -0.2) is 0 Å². The third kappa shape index (κ3) is 2.82. The molecule has 21 heavy (non-hydrogen) atoms. The fourth-order valence-corrected chi connectivity index (χ4v) is 2.57. The van der Waals surface area contributed by atoms with Crippen LogP contribution >= 0.6 is 0 Å². The first kappa shape index (κ1) is 13.4. The van der Waals surface area contributed by atoms with E-state index in [0.29, 0.717) is 12.1 Å². The highest BCUT2D eigenvalue weighted by atomic mass is 16.1. The highest BCUT2D eigenvalue weighted by Crippen LogP contribution is 2.16. The maximum absolute atomic E-state index is 12.3. The molecule has 0 bridgehead atoms. The Balaban J connectivity index is 1.67. The predicted octanol–water partition coefficient (Wildman–Crippen LogP) is 3.45. The van der Waals surface area contributed by atoms with Crippen LogP contribution in [0.3, 0.4) is 0 Å². The second-order valence-corrected chi connectivity index (χ2v) is 5.18. The number of H-pyrrole nitrogens is 1. The van der Waals surface area contributed by atoms with Crippen molar-refractivity contribution in [3.63, 3.8) is 0 Å². The number of fused-ring (bicyclic) bond motifs is 1. The summed E-state index contributed by atoms with van der Waals surface area (Å²) < 4.78 is 0. The number of aromatic nitrogens is 1. The van der Waals surface area contributed by atoms with Crippen molar-refractivity contribution in [2.45, 2.75) is 13.3 Å². The lowest BCUT2D eigenvalue weighted by Gasteiger charge is -2.08. The van der Waals surface area contributed by atoms with Gasteiger partial charge in [-0.05, 0) is 36.6 Å². The summed E-state index contributed by atoms with van der Waals surface area (Å²) in [5.41, 5.74) is 4.13. The number of carbonyl (C=O) groups excluding carboxylic acids is 1. The smallest absolute Gasteiger partial charge is 0.253 e. The van der Waals surface area contributed by atoms with E-state index in [-0.39, 0.29) is 5.91 Å². The number of amides is 1. The Kier molecular flexibility index (Phi) is 3.73. The minimum absolute atomic E-state index is 0.0309. The van der Waals surface area contributed by atoms with Gasteiger partial charge in [-0.3, -0.25) is 4.79 Å². The van der Waals surface area contributed by atoms with E-state index in [9.17, 15) is 4.79 Å². The average Bonchev–Trinajstić information content (AvgIpc) is 2.97. The lowest BCUT2D eigenvalue weighted by Crippen LogP contribution is -2.26. The molecule has 3 rings (SSSR count). The van der Waals surface area contributed by atoms with Gasteiger partial charge >= 0.3 is 0 Å². The first-order valence-electron chi connectivity index (χ1n) is 7.14. The molecular weight excluding hydrogens is 260 g/mol. The van der Waals surface area contributed by atoms with Crippen molar-refractivity contribution in [3.8, 4) is 0 Å². The van der Waals surface area contributed by atoms with Crippen LogP contribution in [0, 0.1) is 6.92 Å². The van der Waals surface area contributed by atoms with Crippen LogP contribution in [0.4, 0.5) is 0 Å². The van der Waals surface area contributed by atoms with Gasteiger partial charge in [-0.2, -0.15) is 0 Å². The zero-order valence-corrected chi connectivity index (χ0v) is 12.0. The molecule has 0 fully saturated rings. The molecule has 0 aliphatic heterocycles. The van der Waals surface area contributed by atoms with Gasteiger partial charge in [-0.1, -0.05) is 36.4 Å². The summed E-state index contributed by atoms with van der Waals surface area (Å²) in [6.07, 6.45) is 2.70. The fraction of sp³-hybridized carbons (Fsp3) is 0.167. The molecule has 2 aromatic carbocycles. The normalized spacial score (nSPS) is 10.7. The maximum Gasteiger partial charge on any atom is 0.253 e. The number of hydrogen-bond donors (Lipinski definition) is 2. The third-order valence-corrected chi connectivity index (χ3v) is 3.77. The molecule has 2 N–H and O–H groups in total. The van der Waals surface area contributed by atoms with Gasteiger partial charge in [0.05, 0.1) is 11.1 Å². The molecule has 0 saturated heterocycles. The molecule has 1 heterocycles. The fourth-order valence-electron chi connectivity index (χ4n) is 2.57. The van der Waals surface area contributed by atoms with Gasteiger partial charge in [0.25, 0.3) is 5.91 Å². The topological polar surface area (TPSA) is 44.9 Å². The number of para-hydroxylation sites is 1. The van der Waals surface area contributed by atoms with Crippen molar-refractivity contribution < 1.29 is 4.79 Å². The molecule has 0 atom stereocenters. The molecule has 3 heteroatoms. The number of aryl methyl sites for hydroxylation is 1. The van der Waals surface area contributed by atoms with Gasteiger partial charge in [-0.15, -0.1) is 0 Å². The van der Waals surface area contributed by atoms with E-state index in [0.717, 1.165) is 17.3 Å². The van der Waals surface area contributed by atoms with Crippen LogP contribution in [0.1, 0.15) is 21.5 Å². The molecule has 0 spiro atoms. The first-order valence-corrected chi connectivity index (χ1v) is 7.14. The lowest BCUT2D eigenvalue weighted by molar-refractivity contribution is 0.0955. The standard InChI is InChI=1S/C18H18N2O/c1-13-5-2-3-6-14(13)9-12-20-18(21)16-8-4-7-15-10-11-19-17(15)16/h2-8,10-11,19H,9,12H2,1H3,(H,20,21). The predicted molar refractivity (Wildman–Crippen MR) is 85.5 cm³/mol. The molecule has 1 aromatic heterocycles. The molecule has 0 aliphatic rings.